The van der Waals surface area contributed by atoms with Gasteiger partial charge >= 0.3 is 0 Å². The normalized spacial score (nSPS) is 10.8. The third-order valence-electron chi connectivity index (χ3n) is 2.86. The maximum atomic E-state index is 4.51. The van der Waals surface area contributed by atoms with Crippen LogP contribution in [0.1, 0.15) is 25.5 Å². The van der Waals surface area contributed by atoms with Gasteiger partial charge in [0.2, 0.25) is 5.95 Å². The number of nitrogens with one attached hydrogen (secondary N) is 1. The van der Waals surface area contributed by atoms with Crippen LogP contribution in [0.5, 0.6) is 0 Å². The molecule has 98 valence electrons. The molecule has 0 amide bonds. The first-order valence-electron chi connectivity index (χ1n) is 6.53. The maximum Gasteiger partial charge on any atom is 0.203 e. The van der Waals surface area contributed by atoms with E-state index in [1.165, 1.54) is 12.8 Å². The molecule has 0 saturated heterocycles. The molecular formula is C13H21N5. The van der Waals surface area contributed by atoms with Crippen molar-refractivity contribution in [3.63, 3.8) is 0 Å². The highest BCUT2D eigenvalue weighted by Gasteiger charge is 2.04. The topological polar surface area (TPSA) is 47.7 Å². The van der Waals surface area contributed by atoms with Gasteiger partial charge in [-0.15, -0.1) is 0 Å². The lowest BCUT2D eigenvalue weighted by atomic mass is 10.3. The molecule has 0 atom stereocenters. The largest absolute Gasteiger partial charge is 0.354 e. The summed E-state index contributed by atoms with van der Waals surface area (Å²) < 4.78 is 4.26. The Bertz CT molecular complexity index is 458. The van der Waals surface area contributed by atoms with Gasteiger partial charge in [-0.2, -0.15) is 0 Å². The molecule has 0 aliphatic carbocycles. The zero-order valence-electron chi connectivity index (χ0n) is 11.1. The second kappa shape index (κ2) is 6.23. The van der Waals surface area contributed by atoms with E-state index in [0.717, 1.165) is 31.3 Å². The number of unbranched alkanes of at least 4 members (excludes halogenated alkanes) is 1. The van der Waals surface area contributed by atoms with E-state index >= 15 is 0 Å². The number of aryl methyl sites for hydroxylation is 2. The third-order valence-corrected chi connectivity index (χ3v) is 2.86. The van der Waals surface area contributed by atoms with Gasteiger partial charge in [0, 0.05) is 38.2 Å². The molecule has 0 aliphatic heterocycles. The van der Waals surface area contributed by atoms with Crippen molar-refractivity contribution in [1.29, 1.82) is 0 Å². The van der Waals surface area contributed by atoms with Crippen LogP contribution in [0.15, 0.2) is 24.9 Å². The van der Waals surface area contributed by atoms with E-state index in [-0.39, 0.29) is 0 Å². The molecule has 5 heteroatoms. The Morgan fingerprint density at radius 1 is 1.33 bits per heavy atom. The molecule has 1 N–H and O–H groups in total. The fourth-order valence-corrected chi connectivity index (χ4v) is 1.90. The van der Waals surface area contributed by atoms with Crippen LogP contribution in [0.3, 0.4) is 0 Å². The number of anilines is 1. The summed E-state index contributed by atoms with van der Waals surface area (Å²) in [4.78, 5) is 8.53. The van der Waals surface area contributed by atoms with Gasteiger partial charge in [-0.1, -0.05) is 13.3 Å². The van der Waals surface area contributed by atoms with E-state index in [1.807, 2.05) is 19.4 Å². The number of imidazole rings is 2. The van der Waals surface area contributed by atoms with Crippen molar-refractivity contribution in [1.82, 2.24) is 19.1 Å². The number of hydrogen-bond donors (Lipinski definition) is 1. The Hall–Kier alpha value is -1.78. The molecule has 2 aromatic heterocycles. The second-order valence-electron chi connectivity index (χ2n) is 4.48. The van der Waals surface area contributed by atoms with E-state index < -0.39 is 0 Å². The summed E-state index contributed by atoms with van der Waals surface area (Å²) in [5.74, 6) is 0.973. The van der Waals surface area contributed by atoms with Gasteiger partial charge in [0.15, 0.2) is 0 Å². The molecule has 2 heterocycles. The standard InChI is InChI=1S/C13H21N5/c1-3-4-7-18-10-12(2)16-13(18)15-6-9-17-8-5-14-11-17/h5,8,10-11H,3-4,6-7,9H2,1-2H3,(H,15,16). The van der Waals surface area contributed by atoms with Crippen LogP contribution in [0.4, 0.5) is 5.95 Å². The molecule has 0 saturated carbocycles. The van der Waals surface area contributed by atoms with Gasteiger partial charge in [0.05, 0.1) is 12.0 Å². The summed E-state index contributed by atoms with van der Waals surface area (Å²) in [5.41, 5.74) is 1.07. The molecule has 0 unspecified atom stereocenters. The molecule has 5 nitrogen and oxygen atoms in total. The zero-order valence-corrected chi connectivity index (χ0v) is 11.1. The summed E-state index contributed by atoms with van der Waals surface area (Å²) >= 11 is 0. The van der Waals surface area contributed by atoms with Crippen molar-refractivity contribution < 1.29 is 0 Å². The molecule has 0 aromatic carbocycles. The van der Waals surface area contributed by atoms with Gasteiger partial charge in [-0.05, 0) is 13.3 Å². The van der Waals surface area contributed by atoms with Crippen molar-refractivity contribution in [2.24, 2.45) is 0 Å². The molecular weight excluding hydrogens is 226 g/mol. The van der Waals surface area contributed by atoms with Gasteiger partial charge in [-0.3, -0.25) is 0 Å². The fraction of sp³-hybridized carbons (Fsp3) is 0.538. The van der Waals surface area contributed by atoms with Crippen molar-refractivity contribution in [3.05, 3.63) is 30.6 Å². The van der Waals surface area contributed by atoms with E-state index in [9.17, 15) is 0 Å². The first-order chi connectivity index (χ1) is 8.79. The predicted octanol–water partition coefficient (Wildman–Crippen LogP) is 2.30. The first kappa shape index (κ1) is 12.7. The van der Waals surface area contributed by atoms with Crippen LogP contribution >= 0.6 is 0 Å². The zero-order chi connectivity index (χ0) is 12.8. The Morgan fingerprint density at radius 2 is 2.22 bits per heavy atom. The summed E-state index contributed by atoms with van der Waals surface area (Å²) in [6.07, 6.45) is 10.1. The molecule has 0 spiro atoms. The Balaban J connectivity index is 1.87. The van der Waals surface area contributed by atoms with E-state index in [1.54, 1.807) is 6.20 Å². The Morgan fingerprint density at radius 3 is 2.94 bits per heavy atom. The highest BCUT2D eigenvalue weighted by atomic mass is 15.2. The van der Waals surface area contributed by atoms with Crippen LogP contribution in [-0.4, -0.2) is 25.6 Å². The van der Waals surface area contributed by atoms with Gasteiger partial charge in [-0.25, -0.2) is 9.97 Å². The molecule has 0 aliphatic rings. The average molecular weight is 247 g/mol. The summed E-state index contributed by atoms with van der Waals surface area (Å²) in [6.45, 7) is 7.03. The first-order valence-corrected chi connectivity index (χ1v) is 6.53. The SMILES string of the molecule is CCCCn1cc(C)nc1NCCn1ccnc1. The monoisotopic (exact) mass is 247 g/mol. The summed E-state index contributed by atoms with van der Waals surface area (Å²) in [7, 11) is 0. The summed E-state index contributed by atoms with van der Waals surface area (Å²) in [5, 5.41) is 3.38. The molecule has 18 heavy (non-hydrogen) atoms. The highest BCUT2D eigenvalue weighted by molar-refractivity contribution is 5.28. The Kier molecular flexibility index (Phi) is 4.39. The van der Waals surface area contributed by atoms with Crippen LogP contribution in [0.2, 0.25) is 0 Å². The van der Waals surface area contributed by atoms with Crippen molar-refractivity contribution in [2.75, 3.05) is 11.9 Å². The van der Waals surface area contributed by atoms with Crippen LogP contribution < -0.4 is 5.32 Å². The molecule has 2 aromatic rings. The highest BCUT2D eigenvalue weighted by Crippen LogP contribution is 2.09. The van der Waals surface area contributed by atoms with Crippen molar-refractivity contribution in [2.45, 2.75) is 39.8 Å². The van der Waals surface area contributed by atoms with E-state index in [0.29, 0.717) is 0 Å². The quantitative estimate of drug-likeness (QED) is 0.816. The van der Waals surface area contributed by atoms with Gasteiger partial charge in [0.25, 0.3) is 0 Å². The second-order valence-corrected chi connectivity index (χ2v) is 4.48. The number of rotatable bonds is 7. The minimum atomic E-state index is 0.860. The van der Waals surface area contributed by atoms with Crippen molar-refractivity contribution >= 4 is 5.95 Å². The van der Waals surface area contributed by atoms with E-state index in [2.05, 4.69) is 37.5 Å². The number of hydrogen-bond acceptors (Lipinski definition) is 3. The van der Waals surface area contributed by atoms with Crippen LogP contribution in [-0.2, 0) is 13.1 Å². The minimum absolute atomic E-state index is 0.860. The predicted molar refractivity (Wildman–Crippen MR) is 72.6 cm³/mol. The lowest BCUT2D eigenvalue weighted by Crippen LogP contribution is -2.13. The molecule has 2 rings (SSSR count). The van der Waals surface area contributed by atoms with Gasteiger partial charge < -0.3 is 14.5 Å². The fourth-order valence-electron chi connectivity index (χ4n) is 1.90. The molecule has 0 fully saturated rings. The molecule has 0 radical (unpaired) electrons. The Labute approximate surface area is 108 Å². The smallest absolute Gasteiger partial charge is 0.203 e. The maximum absolute atomic E-state index is 4.51. The minimum Gasteiger partial charge on any atom is -0.354 e. The van der Waals surface area contributed by atoms with Gasteiger partial charge in [0.1, 0.15) is 0 Å². The lowest BCUT2D eigenvalue weighted by Gasteiger charge is -2.09. The molecule has 0 bridgehead atoms. The van der Waals surface area contributed by atoms with Crippen LogP contribution in [0.25, 0.3) is 0 Å². The third kappa shape index (κ3) is 3.35. The van der Waals surface area contributed by atoms with Crippen molar-refractivity contribution in [3.8, 4) is 0 Å². The summed E-state index contributed by atoms with van der Waals surface area (Å²) in [6, 6.07) is 0. The number of nitrogens with zero attached hydrogens (tertiary/aromatic N) is 4. The van der Waals surface area contributed by atoms with E-state index in [4.69, 9.17) is 0 Å². The van der Waals surface area contributed by atoms with Crippen LogP contribution in [0, 0.1) is 6.92 Å². The number of aromatic nitrogens is 4. The average Bonchev–Trinajstić information content (AvgIpc) is 2.97. The lowest BCUT2D eigenvalue weighted by molar-refractivity contribution is 0.631.